The number of amides is 1. The summed E-state index contributed by atoms with van der Waals surface area (Å²) in [6.45, 7) is 1.98. The molecule has 2 rings (SSSR count). The molecule has 1 aliphatic rings. The standard InChI is InChI=1S/C16H29N5O.2ClH/c1-17-15(13-11-18-21(4)12-13)16(22)20(3)10-8-14-7-5-6-9-19(14)2;;/h11-12,14-15,17H,5-10H2,1-4H3;2*1H. The van der Waals surface area contributed by atoms with Gasteiger partial charge in [0.25, 0.3) is 0 Å². The summed E-state index contributed by atoms with van der Waals surface area (Å²) < 4.78 is 1.73. The summed E-state index contributed by atoms with van der Waals surface area (Å²) in [6, 6.07) is 0.290. The van der Waals surface area contributed by atoms with Crippen molar-refractivity contribution in [2.45, 2.75) is 37.8 Å². The second-order valence-electron chi connectivity index (χ2n) is 6.35. The monoisotopic (exact) mass is 379 g/mol. The summed E-state index contributed by atoms with van der Waals surface area (Å²) in [5.41, 5.74) is 0.914. The zero-order valence-electron chi connectivity index (χ0n) is 15.1. The first-order valence-electron chi connectivity index (χ1n) is 8.14. The molecule has 0 spiro atoms. The van der Waals surface area contributed by atoms with Gasteiger partial charge in [0.15, 0.2) is 0 Å². The van der Waals surface area contributed by atoms with Crippen molar-refractivity contribution in [2.24, 2.45) is 7.05 Å². The van der Waals surface area contributed by atoms with E-state index in [-0.39, 0.29) is 36.8 Å². The van der Waals surface area contributed by atoms with Crippen LogP contribution < -0.4 is 5.32 Å². The summed E-state index contributed by atoms with van der Waals surface area (Å²) >= 11 is 0. The first kappa shape index (κ1) is 23.2. The normalized spacial score (nSPS) is 19.1. The van der Waals surface area contributed by atoms with Gasteiger partial charge in [0.1, 0.15) is 6.04 Å². The minimum Gasteiger partial charge on any atom is -0.344 e. The van der Waals surface area contributed by atoms with Gasteiger partial charge in [0, 0.05) is 38.4 Å². The fraction of sp³-hybridized carbons (Fsp3) is 0.750. The molecule has 0 saturated carbocycles. The molecule has 2 atom stereocenters. The van der Waals surface area contributed by atoms with Crippen LogP contribution in [0.3, 0.4) is 0 Å². The van der Waals surface area contributed by atoms with Crippen LogP contribution in [0.15, 0.2) is 12.4 Å². The highest BCUT2D eigenvalue weighted by atomic mass is 35.5. The number of carbonyl (C=O) groups excluding carboxylic acids is 1. The molecular formula is C16H31Cl2N5O. The average molecular weight is 380 g/mol. The lowest BCUT2D eigenvalue weighted by atomic mass is 10.00. The second-order valence-corrected chi connectivity index (χ2v) is 6.35. The Morgan fingerprint density at radius 1 is 1.42 bits per heavy atom. The largest absolute Gasteiger partial charge is 0.344 e. The zero-order valence-corrected chi connectivity index (χ0v) is 16.7. The van der Waals surface area contributed by atoms with Crippen LogP contribution in [-0.2, 0) is 11.8 Å². The smallest absolute Gasteiger partial charge is 0.244 e. The molecule has 0 radical (unpaired) electrons. The number of nitrogens with zero attached hydrogens (tertiary/aromatic N) is 4. The number of piperidine rings is 1. The molecule has 1 aromatic rings. The molecule has 1 N–H and O–H groups in total. The minimum absolute atomic E-state index is 0. The SMILES string of the molecule is CNC(C(=O)N(C)CCC1CCCCN1C)c1cnn(C)c1.Cl.Cl. The Bertz CT molecular complexity index is 497. The summed E-state index contributed by atoms with van der Waals surface area (Å²) in [4.78, 5) is 16.9. The molecule has 1 amide bonds. The average Bonchev–Trinajstić information content (AvgIpc) is 2.93. The molecule has 140 valence electrons. The van der Waals surface area contributed by atoms with Gasteiger partial charge in [-0.3, -0.25) is 9.48 Å². The molecule has 2 heterocycles. The van der Waals surface area contributed by atoms with Crippen molar-refractivity contribution in [3.8, 4) is 0 Å². The van der Waals surface area contributed by atoms with Crippen LogP contribution in [0.1, 0.15) is 37.3 Å². The first-order chi connectivity index (χ1) is 10.5. The highest BCUT2D eigenvalue weighted by molar-refractivity contribution is 5.85. The fourth-order valence-electron chi connectivity index (χ4n) is 3.20. The van der Waals surface area contributed by atoms with Gasteiger partial charge in [-0.25, -0.2) is 0 Å². The molecule has 1 aliphatic heterocycles. The number of aryl methyl sites for hydroxylation is 1. The molecule has 0 aliphatic carbocycles. The van der Waals surface area contributed by atoms with Crippen LogP contribution in [0.25, 0.3) is 0 Å². The first-order valence-corrected chi connectivity index (χ1v) is 8.14. The van der Waals surface area contributed by atoms with Gasteiger partial charge >= 0.3 is 0 Å². The lowest BCUT2D eigenvalue weighted by Gasteiger charge is -2.34. The van der Waals surface area contributed by atoms with E-state index in [1.165, 1.54) is 25.8 Å². The van der Waals surface area contributed by atoms with Crippen molar-refractivity contribution in [3.63, 3.8) is 0 Å². The topological polar surface area (TPSA) is 53.4 Å². The summed E-state index contributed by atoms with van der Waals surface area (Å²) in [7, 11) is 7.77. The Hall–Kier alpha value is -0.820. The lowest BCUT2D eigenvalue weighted by Crippen LogP contribution is -2.42. The lowest BCUT2D eigenvalue weighted by molar-refractivity contribution is -0.132. The Morgan fingerprint density at radius 3 is 2.67 bits per heavy atom. The third-order valence-corrected chi connectivity index (χ3v) is 4.69. The molecule has 1 aromatic heterocycles. The Labute approximate surface area is 157 Å². The van der Waals surface area contributed by atoms with E-state index < -0.39 is 0 Å². The number of nitrogens with one attached hydrogen (secondary N) is 1. The van der Waals surface area contributed by atoms with Crippen molar-refractivity contribution in [3.05, 3.63) is 18.0 Å². The van der Waals surface area contributed by atoms with Gasteiger partial charge in [0.05, 0.1) is 6.20 Å². The molecular weight excluding hydrogens is 349 g/mol. The fourth-order valence-corrected chi connectivity index (χ4v) is 3.20. The Kier molecular flexibility index (Phi) is 10.6. The molecule has 0 aromatic carbocycles. The predicted molar refractivity (Wildman–Crippen MR) is 102 cm³/mol. The molecule has 8 heteroatoms. The molecule has 1 fully saturated rings. The predicted octanol–water partition coefficient (Wildman–Crippen LogP) is 1.86. The van der Waals surface area contributed by atoms with Gasteiger partial charge in [-0.15, -0.1) is 24.8 Å². The number of hydrogen-bond acceptors (Lipinski definition) is 4. The third-order valence-electron chi connectivity index (χ3n) is 4.69. The van der Waals surface area contributed by atoms with E-state index in [1.54, 1.807) is 10.9 Å². The van der Waals surface area contributed by atoms with Crippen molar-refractivity contribution in [1.29, 1.82) is 0 Å². The maximum absolute atomic E-state index is 12.7. The number of halogens is 2. The van der Waals surface area contributed by atoms with E-state index in [1.807, 2.05) is 32.2 Å². The number of rotatable bonds is 6. The highest BCUT2D eigenvalue weighted by Crippen LogP contribution is 2.19. The number of aromatic nitrogens is 2. The van der Waals surface area contributed by atoms with Gasteiger partial charge in [-0.05, 0) is 39.9 Å². The van der Waals surface area contributed by atoms with E-state index in [0.717, 1.165) is 18.5 Å². The van der Waals surface area contributed by atoms with Crippen molar-refractivity contribution in [2.75, 3.05) is 34.2 Å². The quantitative estimate of drug-likeness (QED) is 0.819. The molecule has 6 nitrogen and oxygen atoms in total. The minimum atomic E-state index is -0.317. The third kappa shape index (κ3) is 5.92. The molecule has 24 heavy (non-hydrogen) atoms. The number of likely N-dealkylation sites (tertiary alicyclic amines) is 1. The van der Waals surface area contributed by atoms with Crippen molar-refractivity contribution < 1.29 is 4.79 Å². The highest BCUT2D eigenvalue weighted by Gasteiger charge is 2.25. The molecule has 0 bridgehead atoms. The van der Waals surface area contributed by atoms with Crippen LogP contribution in [0.5, 0.6) is 0 Å². The summed E-state index contributed by atoms with van der Waals surface area (Å²) in [5.74, 6) is 0.106. The van der Waals surface area contributed by atoms with E-state index in [2.05, 4.69) is 22.4 Å². The second kappa shape index (κ2) is 10.9. The summed E-state index contributed by atoms with van der Waals surface area (Å²) in [6.07, 6.45) is 8.54. The van der Waals surface area contributed by atoms with E-state index in [9.17, 15) is 4.79 Å². The van der Waals surface area contributed by atoms with Crippen LogP contribution in [0.2, 0.25) is 0 Å². The van der Waals surface area contributed by atoms with Gasteiger partial charge in [0.2, 0.25) is 5.91 Å². The van der Waals surface area contributed by atoms with Crippen LogP contribution in [0, 0.1) is 0 Å². The van der Waals surface area contributed by atoms with Crippen LogP contribution in [-0.4, -0.2) is 65.8 Å². The van der Waals surface area contributed by atoms with Gasteiger partial charge in [-0.1, -0.05) is 6.42 Å². The maximum atomic E-state index is 12.7. The van der Waals surface area contributed by atoms with E-state index in [4.69, 9.17) is 0 Å². The van der Waals surface area contributed by atoms with Crippen molar-refractivity contribution >= 4 is 30.7 Å². The van der Waals surface area contributed by atoms with E-state index >= 15 is 0 Å². The Morgan fingerprint density at radius 2 is 2.12 bits per heavy atom. The Balaban J connectivity index is 0.00000264. The maximum Gasteiger partial charge on any atom is 0.244 e. The zero-order chi connectivity index (χ0) is 16.1. The molecule has 1 saturated heterocycles. The van der Waals surface area contributed by atoms with Crippen LogP contribution >= 0.6 is 24.8 Å². The van der Waals surface area contributed by atoms with Gasteiger partial charge < -0.3 is 15.1 Å². The summed E-state index contributed by atoms with van der Waals surface area (Å²) in [5, 5.41) is 7.26. The molecule has 2 unspecified atom stereocenters. The van der Waals surface area contributed by atoms with E-state index in [0.29, 0.717) is 6.04 Å². The number of hydrogen-bond donors (Lipinski definition) is 1. The van der Waals surface area contributed by atoms with Crippen LogP contribution in [0.4, 0.5) is 0 Å². The number of carbonyl (C=O) groups is 1. The van der Waals surface area contributed by atoms with Crippen molar-refractivity contribution in [1.82, 2.24) is 24.9 Å². The number of likely N-dealkylation sites (N-methyl/N-ethyl adjacent to an activating group) is 2. The van der Waals surface area contributed by atoms with Gasteiger partial charge in [-0.2, -0.15) is 5.10 Å².